The fourth-order valence-corrected chi connectivity index (χ4v) is 4.77. The Balaban J connectivity index is 1.30. The number of carbonyl (C=O) groups is 2. The monoisotopic (exact) mass is 589 g/mol. The number of hydrogen-bond donors (Lipinski definition) is 3. The van der Waals surface area contributed by atoms with Crippen LogP contribution in [-0.2, 0) is 16.6 Å². The van der Waals surface area contributed by atoms with Gasteiger partial charge in [-0.25, -0.2) is 4.98 Å². The number of carbonyl (C=O) groups excluding carboxylic acids is 2. The molecule has 0 radical (unpaired) electrons. The quantitative estimate of drug-likeness (QED) is 0.167. The van der Waals surface area contributed by atoms with Crippen LogP contribution < -0.4 is 16.0 Å². The number of rotatable bonds is 12. The number of halogens is 1. The number of aromatic nitrogens is 4. The lowest BCUT2D eigenvalue weighted by molar-refractivity contribution is -0.135. The van der Waals surface area contributed by atoms with Crippen molar-refractivity contribution in [1.82, 2.24) is 34.9 Å². The van der Waals surface area contributed by atoms with Gasteiger partial charge in [0.25, 0.3) is 0 Å². The second-order valence-electron chi connectivity index (χ2n) is 10.7. The molecule has 2 amide bonds. The van der Waals surface area contributed by atoms with Gasteiger partial charge >= 0.3 is 0 Å². The Bertz CT molecular complexity index is 1520. The molecule has 1 aliphatic rings. The van der Waals surface area contributed by atoms with Crippen LogP contribution in [0, 0.1) is 17.8 Å². The molecule has 228 valence electrons. The summed E-state index contributed by atoms with van der Waals surface area (Å²) in [6.45, 7) is 4.53. The topological polar surface area (TPSA) is 120 Å². The molecule has 1 atom stereocenters. The summed E-state index contributed by atoms with van der Waals surface area (Å²) >= 11 is 0. The zero-order valence-electron chi connectivity index (χ0n) is 25.3. The predicted molar refractivity (Wildman–Crippen MR) is 166 cm³/mol. The molecular weight excluding hydrogens is 549 g/mol. The summed E-state index contributed by atoms with van der Waals surface area (Å²) in [6.07, 6.45) is 8.68. The van der Waals surface area contributed by atoms with E-state index in [-0.39, 0.29) is 11.8 Å². The van der Waals surface area contributed by atoms with Crippen molar-refractivity contribution in [3.05, 3.63) is 48.1 Å². The molecular formula is C31H40FN9O2. The van der Waals surface area contributed by atoms with E-state index in [1.165, 1.54) is 4.68 Å². The molecule has 0 spiro atoms. The second-order valence-corrected chi connectivity index (χ2v) is 10.7. The zero-order chi connectivity index (χ0) is 30.8. The van der Waals surface area contributed by atoms with Crippen molar-refractivity contribution in [3.63, 3.8) is 0 Å². The van der Waals surface area contributed by atoms with Gasteiger partial charge in [-0.1, -0.05) is 24.8 Å². The molecule has 0 saturated carbocycles. The summed E-state index contributed by atoms with van der Waals surface area (Å²) in [5.41, 5.74) is 2.01. The first-order valence-electron chi connectivity index (χ1n) is 14.7. The van der Waals surface area contributed by atoms with Crippen molar-refractivity contribution in [2.45, 2.75) is 45.1 Å². The molecule has 3 aromatic rings. The SMILES string of the molecule is CCCNc1nc(Nc2ccc3c(c2)c(F)nn3C)ncc1C#CCCCNC(=O)[C@@H]1CCCN1C(=O)/C=C/CN(C)C. The molecule has 1 aromatic carbocycles. The maximum Gasteiger partial charge on any atom is 0.246 e. The van der Waals surface area contributed by atoms with Gasteiger partial charge in [0.05, 0.1) is 22.7 Å². The molecule has 11 nitrogen and oxygen atoms in total. The van der Waals surface area contributed by atoms with Gasteiger partial charge in [0.2, 0.25) is 23.7 Å². The number of likely N-dealkylation sites (tertiary alicyclic amines) is 1. The van der Waals surface area contributed by atoms with E-state index in [0.717, 1.165) is 19.4 Å². The molecule has 0 unspecified atom stereocenters. The summed E-state index contributed by atoms with van der Waals surface area (Å²) in [7, 11) is 5.57. The molecule has 43 heavy (non-hydrogen) atoms. The lowest BCUT2D eigenvalue weighted by Crippen LogP contribution is -2.45. The Kier molecular flexibility index (Phi) is 11.0. The van der Waals surface area contributed by atoms with E-state index >= 15 is 0 Å². The van der Waals surface area contributed by atoms with Crippen LogP contribution in [0.3, 0.4) is 0 Å². The Morgan fingerprint density at radius 2 is 2.09 bits per heavy atom. The molecule has 1 aliphatic heterocycles. The average Bonchev–Trinajstić information content (AvgIpc) is 3.58. The van der Waals surface area contributed by atoms with Crippen molar-refractivity contribution in [1.29, 1.82) is 0 Å². The summed E-state index contributed by atoms with van der Waals surface area (Å²) < 4.78 is 15.6. The maximum atomic E-state index is 14.1. The first-order chi connectivity index (χ1) is 20.8. The van der Waals surface area contributed by atoms with Gasteiger partial charge in [-0.15, -0.1) is 5.10 Å². The largest absolute Gasteiger partial charge is 0.369 e. The summed E-state index contributed by atoms with van der Waals surface area (Å²) in [4.78, 5) is 37.9. The van der Waals surface area contributed by atoms with Gasteiger partial charge in [0, 0.05) is 51.4 Å². The molecule has 1 saturated heterocycles. The molecule has 4 rings (SSSR count). The van der Waals surface area contributed by atoms with E-state index in [1.807, 2.05) is 31.1 Å². The highest BCUT2D eigenvalue weighted by Crippen LogP contribution is 2.24. The molecule has 3 N–H and O–H groups in total. The average molecular weight is 590 g/mol. The normalized spacial score (nSPS) is 14.7. The Hall–Kier alpha value is -4.50. The molecule has 0 aliphatic carbocycles. The fourth-order valence-electron chi connectivity index (χ4n) is 4.77. The summed E-state index contributed by atoms with van der Waals surface area (Å²) in [6, 6.07) is 4.87. The van der Waals surface area contributed by atoms with Crippen molar-refractivity contribution >= 4 is 40.2 Å². The van der Waals surface area contributed by atoms with E-state index in [0.29, 0.717) is 72.8 Å². The predicted octanol–water partition coefficient (Wildman–Crippen LogP) is 3.42. The van der Waals surface area contributed by atoms with Gasteiger partial charge in [-0.2, -0.15) is 9.37 Å². The number of fused-ring (bicyclic) bond motifs is 1. The molecule has 3 heterocycles. The number of anilines is 3. The minimum Gasteiger partial charge on any atom is -0.369 e. The minimum absolute atomic E-state index is 0.118. The van der Waals surface area contributed by atoms with Crippen LogP contribution >= 0.6 is 0 Å². The van der Waals surface area contributed by atoms with Crippen molar-refractivity contribution in [2.75, 3.05) is 50.9 Å². The molecule has 12 heteroatoms. The standard InChI is InChI=1S/C31H40FN9O2/c1-5-16-33-29-22(21-35-31(37-29)36-23-14-15-25-24(20-23)28(32)38-40(25)4)11-7-6-8-17-34-30(43)26-12-9-19-41(26)27(42)13-10-18-39(2)3/h10,13-15,20-21,26H,5-6,8-9,12,16-19H2,1-4H3,(H,34,43)(H2,33,35,36,37)/b13-10+/t26-/m0/s1. The van der Waals surface area contributed by atoms with Crippen LogP contribution in [-0.4, -0.2) is 87.7 Å². The Morgan fingerprint density at radius 1 is 1.26 bits per heavy atom. The van der Waals surface area contributed by atoms with E-state index in [1.54, 1.807) is 36.4 Å². The highest BCUT2D eigenvalue weighted by molar-refractivity contribution is 5.93. The van der Waals surface area contributed by atoms with Crippen LogP contribution in [0.2, 0.25) is 0 Å². The van der Waals surface area contributed by atoms with Gasteiger partial charge < -0.3 is 25.8 Å². The van der Waals surface area contributed by atoms with E-state index in [4.69, 9.17) is 0 Å². The van der Waals surface area contributed by atoms with Gasteiger partial charge in [-0.3, -0.25) is 14.3 Å². The van der Waals surface area contributed by atoms with E-state index in [9.17, 15) is 14.0 Å². The van der Waals surface area contributed by atoms with E-state index < -0.39 is 12.0 Å². The third-order valence-electron chi connectivity index (χ3n) is 6.96. The lowest BCUT2D eigenvalue weighted by Gasteiger charge is -2.22. The van der Waals surface area contributed by atoms with Crippen LogP contribution in [0.1, 0.15) is 44.6 Å². The molecule has 1 fully saturated rings. The third kappa shape index (κ3) is 8.51. The summed E-state index contributed by atoms with van der Waals surface area (Å²) in [5, 5.41) is 13.6. The highest BCUT2D eigenvalue weighted by Gasteiger charge is 2.32. The van der Waals surface area contributed by atoms with Gasteiger partial charge in [0.15, 0.2) is 0 Å². The number of nitrogens with zero attached hydrogens (tertiary/aromatic N) is 6. The Labute approximate surface area is 251 Å². The number of aryl methyl sites for hydroxylation is 1. The van der Waals surface area contributed by atoms with Gasteiger partial charge in [-0.05, 0) is 58.0 Å². The smallest absolute Gasteiger partial charge is 0.246 e. The lowest BCUT2D eigenvalue weighted by atomic mass is 10.2. The first-order valence-corrected chi connectivity index (χ1v) is 14.7. The van der Waals surface area contributed by atoms with Crippen LogP contribution in [0.5, 0.6) is 0 Å². The second kappa shape index (κ2) is 15.1. The van der Waals surface area contributed by atoms with E-state index in [2.05, 4.69) is 49.8 Å². The third-order valence-corrected chi connectivity index (χ3v) is 6.96. The number of benzene rings is 1. The number of unbranched alkanes of at least 4 members (excludes halogenated alkanes) is 1. The number of amides is 2. The van der Waals surface area contributed by atoms with Crippen LogP contribution in [0.25, 0.3) is 10.9 Å². The zero-order valence-corrected chi connectivity index (χ0v) is 25.3. The maximum absolute atomic E-state index is 14.1. The van der Waals surface area contributed by atoms with Crippen molar-refractivity contribution in [3.8, 4) is 11.8 Å². The molecule has 0 bridgehead atoms. The first kappa shape index (κ1) is 31.4. The van der Waals surface area contributed by atoms with Gasteiger partial charge in [0.1, 0.15) is 11.9 Å². The minimum atomic E-state index is -0.531. The Morgan fingerprint density at radius 3 is 2.88 bits per heavy atom. The van der Waals surface area contributed by atoms with Crippen molar-refractivity contribution in [2.24, 2.45) is 7.05 Å². The number of hydrogen-bond acceptors (Lipinski definition) is 8. The number of likely N-dealkylation sites (N-methyl/N-ethyl adjacent to an activating group) is 1. The van der Waals surface area contributed by atoms with Crippen molar-refractivity contribution < 1.29 is 14.0 Å². The van der Waals surface area contributed by atoms with Crippen LogP contribution in [0.4, 0.5) is 21.8 Å². The fraction of sp³-hybridized carbons (Fsp3) is 0.452. The molecule has 2 aromatic heterocycles. The number of nitrogens with one attached hydrogen (secondary N) is 3. The summed E-state index contributed by atoms with van der Waals surface area (Å²) in [5.74, 6) is 6.49. The highest BCUT2D eigenvalue weighted by atomic mass is 19.1. The van der Waals surface area contributed by atoms with Crippen LogP contribution in [0.15, 0.2) is 36.5 Å².